The molecule has 16 heavy (non-hydrogen) atoms. The van der Waals surface area contributed by atoms with Crippen LogP contribution >= 0.6 is 0 Å². The van der Waals surface area contributed by atoms with Crippen LogP contribution in [-0.4, -0.2) is 16.3 Å². The van der Waals surface area contributed by atoms with Crippen LogP contribution in [0.2, 0.25) is 0 Å². The average molecular weight is 221 g/mol. The van der Waals surface area contributed by atoms with E-state index >= 15 is 0 Å². The molecular weight excluding hydrogens is 198 g/mol. The van der Waals surface area contributed by atoms with E-state index in [1.807, 2.05) is 11.7 Å². The van der Waals surface area contributed by atoms with E-state index in [4.69, 9.17) is 5.73 Å². The van der Waals surface area contributed by atoms with Crippen LogP contribution in [0, 0.1) is 0 Å². The number of hydrogen-bond donors (Lipinski definition) is 1. The molecule has 3 heteroatoms. The zero-order valence-corrected chi connectivity index (χ0v) is 10.9. The molecule has 1 fully saturated rings. The summed E-state index contributed by atoms with van der Waals surface area (Å²) >= 11 is 0. The highest BCUT2D eigenvalue weighted by atomic mass is 15.3. The first-order chi connectivity index (χ1) is 7.39. The maximum absolute atomic E-state index is 5.99. The fourth-order valence-corrected chi connectivity index (χ4v) is 2.62. The Balaban J connectivity index is 2.48. The van der Waals surface area contributed by atoms with Gasteiger partial charge in [-0.3, -0.25) is 4.68 Å². The average Bonchev–Trinajstić information content (AvgIpc) is 2.46. The summed E-state index contributed by atoms with van der Waals surface area (Å²) in [5.74, 6) is 0. The number of nitrogens with two attached hydrogens (primary N) is 1. The second-order valence-corrected chi connectivity index (χ2v) is 6.15. The predicted molar refractivity (Wildman–Crippen MR) is 66.5 cm³/mol. The van der Waals surface area contributed by atoms with Crippen molar-refractivity contribution >= 4 is 0 Å². The van der Waals surface area contributed by atoms with Crippen LogP contribution in [0.25, 0.3) is 0 Å². The summed E-state index contributed by atoms with van der Waals surface area (Å²) in [5.41, 5.74) is 8.92. The van der Waals surface area contributed by atoms with Crippen molar-refractivity contribution in [2.75, 3.05) is 6.54 Å². The Bertz CT molecular complexity index is 375. The molecule has 1 aliphatic carbocycles. The van der Waals surface area contributed by atoms with E-state index in [0.717, 1.165) is 6.54 Å². The smallest absolute Gasteiger partial charge is 0.0715 e. The van der Waals surface area contributed by atoms with Crippen LogP contribution in [-0.2, 0) is 17.9 Å². The van der Waals surface area contributed by atoms with Crippen molar-refractivity contribution in [3.8, 4) is 0 Å². The zero-order valence-electron chi connectivity index (χ0n) is 10.9. The van der Waals surface area contributed by atoms with Crippen molar-refractivity contribution in [2.45, 2.75) is 50.9 Å². The summed E-state index contributed by atoms with van der Waals surface area (Å²) in [6, 6.07) is 0. The number of rotatable bonds is 2. The van der Waals surface area contributed by atoms with Gasteiger partial charge in [-0.25, -0.2) is 0 Å². The normalized spacial score (nSPS) is 19.6. The van der Waals surface area contributed by atoms with Gasteiger partial charge >= 0.3 is 0 Å². The Morgan fingerprint density at radius 3 is 2.44 bits per heavy atom. The molecule has 1 aromatic heterocycles. The van der Waals surface area contributed by atoms with Crippen molar-refractivity contribution in [3.63, 3.8) is 0 Å². The molecule has 0 spiro atoms. The molecule has 0 aromatic carbocycles. The summed E-state index contributed by atoms with van der Waals surface area (Å²) in [6.07, 6.45) is 5.92. The lowest BCUT2D eigenvalue weighted by atomic mass is 9.63. The van der Waals surface area contributed by atoms with Crippen molar-refractivity contribution in [3.05, 3.63) is 17.5 Å². The first-order valence-electron chi connectivity index (χ1n) is 6.14. The van der Waals surface area contributed by atoms with E-state index < -0.39 is 0 Å². The molecule has 1 aliphatic rings. The van der Waals surface area contributed by atoms with Crippen LogP contribution < -0.4 is 5.73 Å². The second-order valence-electron chi connectivity index (χ2n) is 6.15. The van der Waals surface area contributed by atoms with E-state index in [9.17, 15) is 0 Å². The van der Waals surface area contributed by atoms with Gasteiger partial charge in [0, 0.05) is 36.2 Å². The largest absolute Gasteiger partial charge is 0.330 e. The minimum atomic E-state index is 0.106. The molecule has 90 valence electrons. The van der Waals surface area contributed by atoms with Crippen LogP contribution in [0.15, 0.2) is 6.20 Å². The summed E-state index contributed by atoms with van der Waals surface area (Å²) in [6.45, 7) is 7.42. The summed E-state index contributed by atoms with van der Waals surface area (Å²) < 4.78 is 1.94. The van der Waals surface area contributed by atoms with Crippen LogP contribution in [0.5, 0.6) is 0 Å². The third-order valence-electron chi connectivity index (χ3n) is 3.81. The van der Waals surface area contributed by atoms with Gasteiger partial charge in [0.15, 0.2) is 0 Å². The maximum Gasteiger partial charge on any atom is 0.0715 e. The Kier molecular flexibility index (Phi) is 2.61. The molecule has 1 saturated carbocycles. The molecule has 2 N–H and O–H groups in total. The van der Waals surface area contributed by atoms with Crippen molar-refractivity contribution < 1.29 is 0 Å². The maximum atomic E-state index is 5.99. The molecule has 0 saturated heterocycles. The number of aromatic nitrogens is 2. The van der Waals surface area contributed by atoms with Crippen molar-refractivity contribution in [1.29, 1.82) is 0 Å². The minimum Gasteiger partial charge on any atom is -0.330 e. The lowest BCUT2D eigenvalue weighted by molar-refractivity contribution is 0.248. The molecule has 0 atom stereocenters. The quantitative estimate of drug-likeness (QED) is 0.831. The summed E-state index contributed by atoms with van der Waals surface area (Å²) in [5, 5.41) is 4.64. The number of aryl methyl sites for hydroxylation is 1. The lowest BCUT2D eigenvalue weighted by Gasteiger charge is -2.42. The summed E-state index contributed by atoms with van der Waals surface area (Å²) in [7, 11) is 2.00. The van der Waals surface area contributed by atoms with Gasteiger partial charge in [-0.15, -0.1) is 0 Å². The third-order valence-corrected chi connectivity index (χ3v) is 3.81. The highest BCUT2D eigenvalue weighted by Gasteiger charge is 2.42. The molecule has 1 aromatic rings. The standard InChI is InChI=1S/C13H23N3/c1-12(2,3)11-10(8-16(4)15-11)13(9-14)6-5-7-13/h8H,5-7,9,14H2,1-4H3. The molecule has 0 aliphatic heterocycles. The van der Waals surface area contributed by atoms with E-state index in [1.54, 1.807) is 0 Å². The lowest BCUT2D eigenvalue weighted by Crippen LogP contribution is -2.42. The van der Waals surface area contributed by atoms with Gasteiger partial charge in [0.1, 0.15) is 0 Å². The van der Waals surface area contributed by atoms with Crippen molar-refractivity contribution in [1.82, 2.24) is 9.78 Å². The first-order valence-corrected chi connectivity index (χ1v) is 6.14. The van der Waals surface area contributed by atoms with Gasteiger partial charge in [0.25, 0.3) is 0 Å². The first kappa shape index (κ1) is 11.6. The fourth-order valence-electron chi connectivity index (χ4n) is 2.62. The minimum absolute atomic E-state index is 0.106. The molecule has 0 unspecified atom stereocenters. The summed E-state index contributed by atoms with van der Waals surface area (Å²) in [4.78, 5) is 0. The molecule has 0 radical (unpaired) electrons. The van der Waals surface area contributed by atoms with E-state index in [1.165, 1.54) is 30.5 Å². The van der Waals surface area contributed by atoms with Gasteiger partial charge in [-0.05, 0) is 12.8 Å². The van der Waals surface area contributed by atoms with Crippen LogP contribution in [0.3, 0.4) is 0 Å². The van der Waals surface area contributed by atoms with Gasteiger partial charge in [0.2, 0.25) is 0 Å². The second kappa shape index (κ2) is 3.59. The van der Waals surface area contributed by atoms with E-state index in [2.05, 4.69) is 32.1 Å². The fraction of sp³-hybridized carbons (Fsp3) is 0.769. The Labute approximate surface area is 98.0 Å². The Morgan fingerprint density at radius 2 is 2.06 bits per heavy atom. The topological polar surface area (TPSA) is 43.8 Å². The predicted octanol–water partition coefficient (Wildman–Crippen LogP) is 2.10. The molecule has 0 bridgehead atoms. The van der Waals surface area contributed by atoms with Crippen molar-refractivity contribution in [2.24, 2.45) is 12.8 Å². The van der Waals surface area contributed by atoms with Gasteiger partial charge in [0.05, 0.1) is 5.69 Å². The molecule has 3 nitrogen and oxygen atoms in total. The van der Waals surface area contributed by atoms with E-state index in [-0.39, 0.29) is 10.8 Å². The highest BCUT2D eigenvalue weighted by molar-refractivity contribution is 5.34. The van der Waals surface area contributed by atoms with E-state index in [0.29, 0.717) is 0 Å². The third kappa shape index (κ3) is 1.67. The van der Waals surface area contributed by atoms with Crippen LogP contribution in [0.4, 0.5) is 0 Å². The molecule has 2 rings (SSSR count). The zero-order chi connectivity index (χ0) is 12.0. The monoisotopic (exact) mass is 221 g/mol. The molecule has 0 amide bonds. The highest BCUT2D eigenvalue weighted by Crippen LogP contribution is 2.45. The SMILES string of the molecule is Cn1cc(C2(CN)CCC2)c(C(C)(C)C)n1. The number of hydrogen-bond acceptors (Lipinski definition) is 2. The molecule has 1 heterocycles. The number of nitrogens with zero attached hydrogens (tertiary/aromatic N) is 2. The van der Waals surface area contributed by atoms with Gasteiger partial charge < -0.3 is 5.73 Å². The van der Waals surface area contributed by atoms with Crippen LogP contribution in [0.1, 0.15) is 51.3 Å². The Morgan fingerprint density at radius 1 is 1.44 bits per heavy atom. The Hall–Kier alpha value is -0.830. The van der Waals surface area contributed by atoms with Gasteiger partial charge in [-0.2, -0.15) is 5.10 Å². The molecular formula is C13H23N3. The van der Waals surface area contributed by atoms with Gasteiger partial charge in [-0.1, -0.05) is 27.2 Å².